The van der Waals surface area contributed by atoms with Crippen molar-refractivity contribution in [2.45, 2.75) is 17.9 Å². The van der Waals surface area contributed by atoms with Crippen molar-refractivity contribution in [3.8, 4) is 5.75 Å². The van der Waals surface area contributed by atoms with Crippen LogP contribution in [0.25, 0.3) is 0 Å². The fourth-order valence-corrected chi connectivity index (χ4v) is 4.63. The Kier molecular flexibility index (Phi) is 5.55. The molecule has 0 aliphatic carbocycles. The molecule has 0 bridgehead atoms. The van der Waals surface area contributed by atoms with E-state index in [2.05, 4.69) is 20.6 Å². The van der Waals surface area contributed by atoms with Gasteiger partial charge in [-0.05, 0) is 42.8 Å². The average Bonchev–Trinajstić information content (AvgIpc) is 2.62. The third kappa shape index (κ3) is 3.85. The molecule has 0 fully saturated rings. The molecule has 2 aliphatic heterocycles. The highest BCUT2D eigenvalue weighted by Gasteiger charge is 2.23. The second-order valence-electron chi connectivity index (χ2n) is 6.94. The van der Waals surface area contributed by atoms with Crippen LogP contribution in [0.3, 0.4) is 0 Å². The van der Waals surface area contributed by atoms with Crippen LogP contribution in [0.1, 0.15) is 11.1 Å². The summed E-state index contributed by atoms with van der Waals surface area (Å²) in [7, 11) is 0.338. The van der Waals surface area contributed by atoms with Crippen molar-refractivity contribution in [1.82, 2.24) is 4.90 Å². The van der Waals surface area contributed by atoms with Gasteiger partial charge in [-0.1, -0.05) is 12.1 Å². The van der Waals surface area contributed by atoms with E-state index < -0.39 is 10.0 Å². The van der Waals surface area contributed by atoms with E-state index in [0.29, 0.717) is 18.0 Å². The molecule has 0 spiro atoms. The highest BCUT2D eigenvalue weighted by molar-refractivity contribution is 7.92. The van der Waals surface area contributed by atoms with Crippen molar-refractivity contribution in [2.75, 3.05) is 43.4 Å². The number of sulfonamides is 1. The average molecular weight is 410 g/mol. The number of anilines is 2. The minimum absolute atomic E-state index is 0. The number of likely N-dealkylation sites (N-methyl/N-ethyl adjacent to an activating group) is 2. The van der Waals surface area contributed by atoms with E-state index in [1.165, 1.54) is 5.56 Å². The summed E-state index contributed by atoms with van der Waals surface area (Å²) in [6, 6.07) is 10.9. The maximum Gasteiger partial charge on any atom is 0.262 e. The van der Waals surface area contributed by atoms with Gasteiger partial charge in [0.1, 0.15) is 12.4 Å². The van der Waals surface area contributed by atoms with E-state index in [-0.39, 0.29) is 17.3 Å². The zero-order chi connectivity index (χ0) is 18.3. The van der Waals surface area contributed by atoms with Crippen LogP contribution in [0.2, 0.25) is 0 Å². The van der Waals surface area contributed by atoms with E-state index in [4.69, 9.17) is 4.74 Å². The Morgan fingerprint density at radius 1 is 1.11 bits per heavy atom. The SMILES string of the molecule is CN1CCc2cccc(NS(=O)(=O)c3ccc4c(c3)OCCN4C)c2C1.Cl. The third-order valence-corrected chi connectivity index (χ3v) is 6.41. The predicted octanol–water partition coefficient (Wildman–Crippen LogP) is 2.73. The van der Waals surface area contributed by atoms with Crippen molar-refractivity contribution >= 4 is 33.8 Å². The van der Waals surface area contributed by atoms with Crippen LogP contribution in [0.15, 0.2) is 41.3 Å². The number of ether oxygens (including phenoxy) is 1. The predicted molar refractivity (Wildman–Crippen MR) is 110 cm³/mol. The number of benzene rings is 2. The van der Waals surface area contributed by atoms with Gasteiger partial charge in [0, 0.05) is 26.2 Å². The first-order chi connectivity index (χ1) is 12.4. The molecule has 0 aromatic heterocycles. The first kappa shape index (κ1) is 19.8. The van der Waals surface area contributed by atoms with Crippen molar-refractivity contribution in [3.63, 3.8) is 0 Å². The number of nitrogens with one attached hydrogen (secondary N) is 1. The molecule has 0 atom stereocenters. The van der Waals surface area contributed by atoms with Crippen LogP contribution < -0.4 is 14.4 Å². The first-order valence-corrected chi connectivity index (χ1v) is 10.2. The summed E-state index contributed by atoms with van der Waals surface area (Å²) < 4.78 is 34.3. The van der Waals surface area contributed by atoms with Crippen molar-refractivity contribution < 1.29 is 13.2 Å². The molecule has 0 amide bonds. The molecular weight excluding hydrogens is 386 g/mol. The van der Waals surface area contributed by atoms with Gasteiger partial charge in [-0.3, -0.25) is 4.72 Å². The normalized spacial score (nSPS) is 16.6. The zero-order valence-electron chi connectivity index (χ0n) is 15.4. The first-order valence-electron chi connectivity index (χ1n) is 8.74. The molecular formula is C19H24ClN3O3S. The fourth-order valence-electron chi connectivity index (χ4n) is 3.52. The Bertz CT molecular complexity index is 949. The summed E-state index contributed by atoms with van der Waals surface area (Å²) in [5.74, 6) is 0.608. The molecule has 0 saturated carbocycles. The quantitative estimate of drug-likeness (QED) is 0.844. The Balaban J connectivity index is 0.00000210. The fraction of sp³-hybridized carbons (Fsp3) is 0.368. The van der Waals surface area contributed by atoms with Gasteiger partial charge in [-0.2, -0.15) is 0 Å². The lowest BCUT2D eigenvalue weighted by atomic mass is 9.99. The molecule has 0 unspecified atom stereocenters. The van der Waals surface area contributed by atoms with Gasteiger partial charge < -0.3 is 14.5 Å². The lowest BCUT2D eigenvalue weighted by Gasteiger charge is -2.28. The van der Waals surface area contributed by atoms with Gasteiger partial charge in [0.15, 0.2) is 0 Å². The standard InChI is InChI=1S/C19H23N3O3S.ClH/c1-21-9-8-14-4-3-5-17(16(14)13-21)20-26(23,24)15-6-7-18-19(12-15)25-11-10-22(18)2;/h3-7,12,20H,8-11,13H2,1-2H3;1H. The van der Waals surface area contributed by atoms with Crippen molar-refractivity contribution in [1.29, 1.82) is 0 Å². The number of fused-ring (bicyclic) bond motifs is 2. The van der Waals surface area contributed by atoms with Crippen LogP contribution in [-0.4, -0.2) is 47.1 Å². The minimum Gasteiger partial charge on any atom is -0.490 e. The van der Waals surface area contributed by atoms with Crippen LogP contribution in [0.5, 0.6) is 5.75 Å². The van der Waals surface area contributed by atoms with Gasteiger partial charge in [0.2, 0.25) is 0 Å². The molecule has 146 valence electrons. The molecule has 2 heterocycles. The van der Waals surface area contributed by atoms with Gasteiger partial charge in [0.25, 0.3) is 10.0 Å². The highest BCUT2D eigenvalue weighted by Crippen LogP contribution is 2.34. The van der Waals surface area contributed by atoms with Crippen LogP contribution in [-0.2, 0) is 23.0 Å². The van der Waals surface area contributed by atoms with Gasteiger partial charge in [-0.15, -0.1) is 12.4 Å². The second kappa shape index (κ2) is 7.58. The minimum atomic E-state index is -3.68. The van der Waals surface area contributed by atoms with Crippen molar-refractivity contribution in [3.05, 3.63) is 47.5 Å². The molecule has 2 aromatic carbocycles. The highest BCUT2D eigenvalue weighted by atomic mass is 35.5. The van der Waals surface area contributed by atoms with Gasteiger partial charge in [0.05, 0.1) is 22.8 Å². The molecule has 0 saturated heterocycles. The van der Waals surface area contributed by atoms with Crippen LogP contribution >= 0.6 is 12.4 Å². The Labute approximate surface area is 166 Å². The Hall–Kier alpha value is -1.96. The summed E-state index contributed by atoms with van der Waals surface area (Å²) in [6.07, 6.45) is 0.931. The number of halogens is 1. The van der Waals surface area contributed by atoms with Crippen molar-refractivity contribution in [2.24, 2.45) is 0 Å². The smallest absolute Gasteiger partial charge is 0.262 e. The largest absolute Gasteiger partial charge is 0.490 e. The molecule has 6 nitrogen and oxygen atoms in total. The molecule has 2 aromatic rings. The topological polar surface area (TPSA) is 61.9 Å². The summed E-state index contributed by atoms with van der Waals surface area (Å²) in [5, 5.41) is 0. The molecule has 0 radical (unpaired) electrons. The summed E-state index contributed by atoms with van der Waals surface area (Å²) in [4.78, 5) is 4.47. The second-order valence-corrected chi connectivity index (χ2v) is 8.62. The zero-order valence-corrected chi connectivity index (χ0v) is 17.1. The van der Waals surface area contributed by atoms with E-state index in [9.17, 15) is 8.42 Å². The van der Waals surface area contributed by atoms with Gasteiger partial charge in [-0.25, -0.2) is 8.42 Å². The monoisotopic (exact) mass is 409 g/mol. The lowest BCUT2D eigenvalue weighted by Crippen LogP contribution is -2.29. The number of rotatable bonds is 3. The summed E-state index contributed by atoms with van der Waals surface area (Å²) >= 11 is 0. The van der Waals surface area contributed by atoms with E-state index in [0.717, 1.165) is 37.3 Å². The number of nitrogens with zero attached hydrogens (tertiary/aromatic N) is 2. The van der Waals surface area contributed by atoms with E-state index in [1.807, 2.05) is 26.2 Å². The molecule has 2 aliphatic rings. The third-order valence-electron chi connectivity index (χ3n) is 5.05. The van der Waals surface area contributed by atoms with Crippen LogP contribution in [0, 0.1) is 0 Å². The van der Waals surface area contributed by atoms with E-state index in [1.54, 1.807) is 18.2 Å². The Morgan fingerprint density at radius 2 is 1.93 bits per heavy atom. The molecule has 8 heteroatoms. The Morgan fingerprint density at radius 3 is 2.74 bits per heavy atom. The van der Waals surface area contributed by atoms with Gasteiger partial charge >= 0.3 is 0 Å². The summed E-state index contributed by atoms with van der Waals surface area (Å²) in [5.41, 5.74) is 3.83. The number of hydrogen-bond donors (Lipinski definition) is 1. The lowest BCUT2D eigenvalue weighted by molar-refractivity contribution is 0.310. The van der Waals surface area contributed by atoms with Crippen LogP contribution in [0.4, 0.5) is 11.4 Å². The number of hydrogen-bond acceptors (Lipinski definition) is 5. The summed E-state index contributed by atoms with van der Waals surface area (Å²) in [6.45, 7) is 3.07. The maximum atomic E-state index is 12.9. The molecule has 4 rings (SSSR count). The van der Waals surface area contributed by atoms with E-state index >= 15 is 0 Å². The molecule has 27 heavy (non-hydrogen) atoms. The molecule has 1 N–H and O–H groups in total. The maximum absolute atomic E-state index is 12.9.